The predicted molar refractivity (Wildman–Crippen MR) is 167 cm³/mol. The van der Waals surface area contributed by atoms with Crippen LogP contribution in [-0.4, -0.2) is 67.7 Å². The first-order valence-electron chi connectivity index (χ1n) is 14.3. The number of sulfonamides is 1. The Morgan fingerprint density at radius 1 is 0.889 bits per heavy atom. The molecule has 3 rings (SSSR count). The van der Waals surface area contributed by atoms with Crippen LogP contribution in [0.1, 0.15) is 58.3 Å². The molecule has 0 saturated heterocycles. The van der Waals surface area contributed by atoms with Crippen LogP contribution >= 0.6 is 0 Å². The van der Waals surface area contributed by atoms with Crippen LogP contribution in [0.3, 0.4) is 0 Å². The fourth-order valence-electron chi connectivity index (χ4n) is 3.90. The minimum Gasteiger partial charge on any atom is -0.493 e. The number of hydrogen-bond acceptors (Lipinski definition) is 9. The van der Waals surface area contributed by atoms with Crippen LogP contribution in [0.25, 0.3) is 5.52 Å². The number of pyridine rings is 2. The van der Waals surface area contributed by atoms with E-state index in [9.17, 15) is 27.6 Å². The van der Waals surface area contributed by atoms with Crippen molar-refractivity contribution < 1.29 is 37.0 Å². The molecule has 0 aliphatic rings. The molecule has 0 bridgehead atoms. The van der Waals surface area contributed by atoms with Gasteiger partial charge in [0.25, 0.3) is 11.5 Å². The molecule has 2 aromatic heterocycles. The van der Waals surface area contributed by atoms with Crippen molar-refractivity contribution in [3.8, 4) is 5.75 Å². The van der Waals surface area contributed by atoms with Gasteiger partial charge in [-0.3, -0.25) is 18.8 Å². The Labute approximate surface area is 262 Å². The monoisotopic (exact) mass is 644 g/mol. The van der Waals surface area contributed by atoms with E-state index >= 15 is 0 Å². The van der Waals surface area contributed by atoms with E-state index in [1.807, 2.05) is 0 Å². The number of carbonyl (C=O) groups excluding carboxylic acids is 3. The second kappa shape index (κ2) is 14.6. The van der Waals surface area contributed by atoms with Crippen molar-refractivity contribution in [2.45, 2.75) is 70.1 Å². The zero-order valence-corrected chi connectivity index (χ0v) is 27.0. The number of ether oxygens (including phenoxy) is 3. The zero-order chi connectivity index (χ0) is 33.4. The number of nitrogens with one attached hydrogen (secondary N) is 3. The van der Waals surface area contributed by atoms with Crippen LogP contribution < -0.4 is 25.7 Å². The molecule has 1 aromatic carbocycles. The van der Waals surface area contributed by atoms with Gasteiger partial charge in [-0.15, -0.1) is 0 Å². The van der Waals surface area contributed by atoms with E-state index in [0.29, 0.717) is 24.2 Å². The molecular weight excluding hydrogens is 604 g/mol. The van der Waals surface area contributed by atoms with Gasteiger partial charge in [-0.05, 0) is 72.2 Å². The normalized spacial score (nSPS) is 12.7. The Balaban J connectivity index is 1.69. The van der Waals surface area contributed by atoms with Gasteiger partial charge in [-0.2, -0.15) is 4.72 Å². The number of amides is 2. The molecule has 3 N–H and O–H groups in total. The van der Waals surface area contributed by atoms with Gasteiger partial charge in [0.1, 0.15) is 23.0 Å². The number of nitrogens with zero attached hydrogens (tertiary/aromatic N) is 1. The number of hydrogen-bond donors (Lipinski definition) is 3. The molecule has 244 valence electrons. The molecule has 0 fully saturated rings. The third-order valence-corrected chi connectivity index (χ3v) is 7.29. The molecule has 45 heavy (non-hydrogen) atoms. The van der Waals surface area contributed by atoms with Crippen LogP contribution in [0, 0.1) is 0 Å². The highest BCUT2D eigenvalue weighted by molar-refractivity contribution is 7.89. The number of aromatic nitrogens is 1. The summed E-state index contributed by atoms with van der Waals surface area (Å²) in [6, 6.07) is 11.8. The fourth-order valence-corrected chi connectivity index (χ4v) is 5.10. The molecule has 3 aromatic rings. The molecular formula is C31H40N4O9S. The SMILES string of the molecule is CC(C)(C)OC(=O)NCCCOc1ccn2c(=O)cc(C(=O)NC[C@H](NS(=O)(=O)c3ccccc3)C(=O)OC(C)(C)C)cc2c1. The average Bonchev–Trinajstić information content (AvgIpc) is 2.93. The lowest BCUT2D eigenvalue weighted by Gasteiger charge is -2.24. The number of alkyl carbamates (subject to hydrolysis) is 1. The lowest BCUT2D eigenvalue weighted by molar-refractivity contribution is -0.156. The first-order valence-corrected chi connectivity index (χ1v) is 15.8. The first kappa shape index (κ1) is 35.1. The van der Waals surface area contributed by atoms with Gasteiger partial charge in [-0.25, -0.2) is 13.2 Å². The van der Waals surface area contributed by atoms with Crippen molar-refractivity contribution in [1.29, 1.82) is 0 Å². The van der Waals surface area contributed by atoms with E-state index in [0.717, 1.165) is 6.07 Å². The number of benzene rings is 1. The Morgan fingerprint density at radius 2 is 1.56 bits per heavy atom. The van der Waals surface area contributed by atoms with E-state index in [-0.39, 0.29) is 17.1 Å². The lowest BCUT2D eigenvalue weighted by atomic mass is 10.2. The standard InChI is InChI=1S/C31H40N4O9S/c1-30(2,3)43-28(38)25(34-45(40,41)24-11-8-7-9-12-24)20-33-27(37)21-17-22-19-23(13-15-35(22)26(36)18-21)42-16-10-14-32-29(39)44-31(4,5)6/h7-9,11-13,15,17-19,25,34H,10,14,16,20H2,1-6H3,(H,32,39)(H,33,37)/t25-/m0/s1. The van der Waals surface area contributed by atoms with E-state index in [1.54, 1.807) is 59.7 Å². The lowest BCUT2D eigenvalue weighted by Crippen LogP contribution is -2.50. The highest BCUT2D eigenvalue weighted by Crippen LogP contribution is 2.16. The molecule has 0 spiro atoms. The van der Waals surface area contributed by atoms with Crippen LogP contribution in [0.15, 0.2) is 70.5 Å². The molecule has 0 aliphatic carbocycles. The van der Waals surface area contributed by atoms with Crippen molar-refractivity contribution in [3.05, 3.63) is 76.7 Å². The van der Waals surface area contributed by atoms with Gasteiger partial charge in [0.15, 0.2) is 0 Å². The summed E-state index contributed by atoms with van der Waals surface area (Å²) >= 11 is 0. The summed E-state index contributed by atoms with van der Waals surface area (Å²) in [6.07, 6.45) is 1.47. The third-order valence-electron chi connectivity index (χ3n) is 5.81. The maximum Gasteiger partial charge on any atom is 0.407 e. The van der Waals surface area contributed by atoms with Gasteiger partial charge < -0.3 is 24.8 Å². The van der Waals surface area contributed by atoms with Crippen molar-refractivity contribution in [2.24, 2.45) is 0 Å². The van der Waals surface area contributed by atoms with Crippen molar-refractivity contribution in [2.75, 3.05) is 19.7 Å². The second-order valence-electron chi connectivity index (χ2n) is 12.1. The quantitative estimate of drug-likeness (QED) is 0.198. The molecule has 0 unspecified atom stereocenters. The smallest absolute Gasteiger partial charge is 0.407 e. The van der Waals surface area contributed by atoms with Gasteiger partial charge in [0.2, 0.25) is 10.0 Å². The van der Waals surface area contributed by atoms with Crippen molar-refractivity contribution in [3.63, 3.8) is 0 Å². The van der Waals surface area contributed by atoms with Gasteiger partial charge in [0, 0.05) is 37.0 Å². The summed E-state index contributed by atoms with van der Waals surface area (Å²) in [5, 5.41) is 5.17. The maximum absolute atomic E-state index is 13.1. The summed E-state index contributed by atoms with van der Waals surface area (Å²) < 4.78 is 45.8. The predicted octanol–water partition coefficient (Wildman–Crippen LogP) is 3.01. The minimum absolute atomic E-state index is 0.00688. The van der Waals surface area contributed by atoms with Gasteiger partial charge in [0.05, 0.1) is 17.0 Å². The minimum atomic E-state index is -4.13. The molecule has 0 saturated carbocycles. The van der Waals surface area contributed by atoms with E-state index in [4.69, 9.17) is 14.2 Å². The molecule has 14 heteroatoms. The molecule has 0 aliphatic heterocycles. The molecule has 2 heterocycles. The number of carbonyl (C=O) groups is 3. The van der Waals surface area contributed by atoms with E-state index in [2.05, 4.69) is 15.4 Å². The first-order chi connectivity index (χ1) is 20.9. The highest BCUT2D eigenvalue weighted by Gasteiger charge is 2.30. The number of fused-ring (bicyclic) bond motifs is 1. The topological polar surface area (TPSA) is 171 Å². The third kappa shape index (κ3) is 11.2. The van der Waals surface area contributed by atoms with Crippen molar-refractivity contribution in [1.82, 2.24) is 19.8 Å². The summed E-state index contributed by atoms with van der Waals surface area (Å²) in [5.74, 6) is -1.16. The van der Waals surface area contributed by atoms with Crippen LogP contribution in [0.5, 0.6) is 5.75 Å². The highest BCUT2D eigenvalue weighted by atomic mass is 32.2. The fraction of sp³-hybridized carbons (Fsp3) is 0.419. The van der Waals surface area contributed by atoms with E-state index in [1.165, 1.54) is 40.9 Å². The van der Waals surface area contributed by atoms with E-state index < -0.39 is 57.3 Å². The summed E-state index contributed by atoms with van der Waals surface area (Å²) in [4.78, 5) is 50.4. The van der Waals surface area contributed by atoms with Crippen LogP contribution in [0.2, 0.25) is 0 Å². The second-order valence-corrected chi connectivity index (χ2v) is 13.8. The molecule has 1 atom stereocenters. The summed E-state index contributed by atoms with van der Waals surface area (Å²) in [7, 11) is -4.13. The Kier molecular flexibility index (Phi) is 11.3. The molecule has 2 amide bonds. The van der Waals surface area contributed by atoms with Gasteiger partial charge in [-0.1, -0.05) is 18.2 Å². The Morgan fingerprint density at radius 3 is 2.20 bits per heavy atom. The average molecular weight is 645 g/mol. The summed E-state index contributed by atoms with van der Waals surface area (Å²) in [5.41, 5.74) is -1.64. The van der Waals surface area contributed by atoms with Crippen molar-refractivity contribution >= 4 is 33.5 Å². The number of rotatable bonds is 12. The largest absolute Gasteiger partial charge is 0.493 e. The number of esters is 1. The van der Waals surface area contributed by atoms with Crippen LogP contribution in [-0.2, 0) is 24.3 Å². The Bertz CT molecular complexity index is 1680. The summed E-state index contributed by atoms with van der Waals surface area (Å²) in [6.45, 7) is 10.4. The maximum atomic E-state index is 13.1. The Hall–Kier alpha value is -4.43. The molecule has 0 radical (unpaired) electrons. The zero-order valence-electron chi connectivity index (χ0n) is 26.2. The molecule has 13 nitrogen and oxygen atoms in total. The van der Waals surface area contributed by atoms with Gasteiger partial charge >= 0.3 is 12.1 Å². The van der Waals surface area contributed by atoms with Crippen LogP contribution in [0.4, 0.5) is 4.79 Å².